The van der Waals surface area contributed by atoms with Crippen LogP contribution in [0.5, 0.6) is 0 Å². The number of methoxy groups -OCH3 is 1. The first kappa shape index (κ1) is 13.7. The molecule has 4 N–H and O–H groups in total. The van der Waals surface area contributed by atoms with Crippen molar-refractivity contribution in [3.63, 3.8) is 0 Å². The Morgan fingerprint density at radius 2 is 2.18 bits per heavy atom. The largest absolute Gasteiger partial charge is 0.465 e. The van der Waals surface area contributed by atoms with Crippen molar-refractivity contribution in [1.82, 2.24) is 0 Å². The molecule has 94 valence electrons. The van der Waals surface area contributed by atoms with Gasteiger partial charge in [0.05, 0.1) is 12.7 Å². The van der Waals surface area contributed by atoms with Crippen molar-refractivity contribution in [2.45, 2.75) is 25.3 Å². The van der Waals surface area contributed by atoms with E-state index < -0.39 is 0 Å². The van der Waals surface area contributed by atoms with Crippen molar-refractivity contribution in [3.8, 4) is 0 Å². The van der Waals surface area contributed by atoms with Crippen LogP contribution in [-0.2, 0) is 4.74 Å². The molecule has 0 saturated heterocycles. The van der Waals surface area contributed by atoms with Gasteiger partial charge < -0.3 is 16.2 Å². The van der Waals surface area contributed by atoms with Crippen molar-refractivity contribution in [1.29, 1.82) is 0 Å². The minimum Gasteiger partial charge on any atom is -0.465 e. The van der Waals surface area contributed by atoms with Crippen LogP contribution in [0.1, 0.15) is 41.2 Å². The van der Waals surface area contributed by atoms with Gasteiger partial charge in [-0.25, -0.2) is 4.79 Å². The Morgan fingerprint density at radius 3 is 2.82 bits per heavy atom. The van der Waals surface area contributed by atoms with Gasteiger partial charge >= 0.3 is 5.97 Å². The maximum atomic E-state index is 11.4. The van der Waals surface area contributed by atoms with E-state index in [0.717, 1.165) is 24.8 Å². The number of rotatable bonds is 6. The van der Waals surface area contributed by atoms with E-state index in [1.807, 2.05) is 12.1 Å². The van der Waals surface area contributed by atoms with Gasteiger partial charge in [0, 0.05) is 6.04 Å². The molecule has 0 spiro atoms. The van der Waals surface area contributed by atoms with Crippen molar-refractivity contribution in [3.05, 3.63) is 35.4 Å². The summed E-state index contributed by atoms with van der Waals surface area (Å²) < 4.78 is 4.67. The van der Waals surface area contributed by atoms with E-state index in [-0.39, 0.29) is 12.0 Å². The molecule has 0 amide bonds. The molecule has 0 bridgehead atoms. The zero-order valence-electron chi connectivity index (χ0n) is 10.2. The van der Waals surface area contributed by atoms with E-state index >= 15 is 0 Å². The molecule has 0 aliphatic rings. The number of benzene rings is 1. The quantitative estimate of drug-likeness (QED) is 0.581. The van der Waals surface area contributed by atoms with Gasteiger partial charge in [0.15, 0.2) is 0 Å². The molecule has 1 atom stereocenters. The van der Waals surface area contributed by atoms with Gasteiger partial charge in [0.25, 0.3) is 0 Å². The number of ether oxygens (including phenoxy) is 1. The molecule has 0 radical (unpaired) electrons. The number of hydrogen-bond donors (Lipinski definition) is 2. The van der Waals surface area contributed by atoms with E-state index in [1.54, 1.807) is 12.1 Å². The zero-order valence-corrected chi connectivity index (χ0v) is 10.2. The van der Waals surface area contributed by atoms with Crippen LogP contribution in [0.2, 0.25) is 0 Å². The smallest absolute Gasteiger partial charge is 0.337 e. The van der Waals surface area contributed by atoms with Crippen molar-refractivity contribution >= 4 is 5.97 Å². The van der Waals surface area contributed by atoms with Gasteiger partial charge in [0.2, 0.25) is 0 Å². The number of unbranched alkanes of at least 4 members (excludes halogenated alkanes) is 1. The zero-order chi connectivity index (χ0) is 12.7. The number of esters is 1. The maximum absolute atomic E-state index is 11.4. The Bertz CT molecular complexity index is 366. The molecule has 0 aromatic heterocycles. The molecule has 4 heteroatoms. The van der Waals surface area contributed by atoms with Gasteiger partial charge in [-0.1, -0.05) is 18.6 Å². The van der Waals surface area contributed by atoms with Crippen molar-refractivity contribution in [2.24, 2.45) is 11.5 Å². The summed E-state index contributed by atoms with van der Waals surface area (Å²) in [6.45, 7) is 0.689. The molecule has 1 aromatic carbocycles. The second kappa shape index (κ2) is 7.04. The summed E-state index contributed by atoms with van der Waals surface area (Å²) in [6, 6.07) is 7.22. The van der Waals surface area contributed by atoms with Gasteiger partial charge in [-0.3, -0.25) is 0 Å². The highest BCUT2D eigenvalue weighted by Gasteiger charge is 2.10. The molecule has 1 rings (SSSR count). The maximum Gasteiger partial charge on any atom is 0.337 e. The third kappa shape index (κ3) is 4.17. The minimum absolute atomic E-state index is 0.0499. The summed E-state index contributed by atoms with van der Waals surface area (Å²) in [5.74, 6) is -0.332. The Kier molecular flexibility index (Phi) is 5.66. The molecule has 0 aliphatic heterocycles. The van der Waals surface area contributed by atoms with E-state index in [0.29, 0.717) is 12.1 Å². The van der Waals surface area contributed by atoms with Gasteiger partial charge in [-0.15, -0.1) is 0 Å². The van der Waals surface area contributed by atoms with Crippen LogP contribution in [0.3, 0.4) is 0 Å². The van der Waals surface area contributed by atoms with Crippen molar-refractivity contribution < 1.29 is 9.53 Å². The highest BCUT2D eigenvalue weighted by atomic mass is 16.5. The predicted octanol–water partition coefficient (Wildman–Crippen LogP) is 1.60. The van der Waals surface area contributed by atoms with Gasteiger partial charge in [0.1, 0.15) is 0 Å². The Morgan fingerprint density at radius 1 is 1.41 bits per heavy atom. The van der Waals surface area contributed by atoms with Gasteiger partial charge in [-0.2, -0.15) is 0 Å². The topological polar surface area (TPSA) is 78.3 Å². The van der Waals surface area contributed by atoms with Crippen LogP contribution in [0.15, 0.2) is 24.3 Å². The van der Waals surface area contributed by atoms with Crippen LogP contribution in [0.25, 0.3) is 0 Å². The Balaban J connectivity index is 2.67. The van der Waals surface area contributed by atoms with E-state index in [2.05, 4.69) is 4.74 Å². The normalized spacial score (nSPS) is 12.2. The van der Waals surface area contributed by atoms with Crippen LogP contribution < -0.4 is 11.5 Å². The lowest BCUT2D eigenvalue weighted by atomic mass is 10.00. The van der Waals surface area contributed by atoms with Crippen LogP contribution in [-0.4, -0.2) is 19.6 Å². The lowest BCUT2D eigenvalue weighted by Gasteiger charge is -2.12. The lowest BCUT2D eigenvalue weighted by Crippen LogP contribution is -2.12. The molecule has 17 heavy (non-hydrogen) atoms. The number of carbonyl (C=O) groups excluding carboxylic acids is 1. The fraction of sp³-hybridized carbons (Fsp3) is 0.462. The molecule has 1 aromatic rings. The molecule has 0 saturated carbocycles. The van der Waals surface area contributed by atoms with Crippen LogP contribution >= 0.6 is 0 Å². The van der Waals surface area contributed by atoms with Crippen molar-refractivity contribution in [2.75, 3.05) is 13.7 Å². The van der Waals surface area contributed by atoms with Gasteiger partial charge in [-0.05, 0) is 37.1 Å². The number of hydrogen-bond acceptors (Lipinski definition) is 4. The SMILES string of the molecule is COC(=O)c1cccc([C@H](N)CCCCN)c1. The summed E-state index contributed by atoms with van der Waals surface area (Å²) >= 11 is 0. The Hall–Kier alpha value is -1.39. The molecule has 0 aliphatic carbocycles. The predicted molar refractivity (Wildman–Crippen MR) is 67.6 cm³/mol. The minimum atomic E-state index is -0.332. The molecule has 0 heterocycles. The number of carbonyl (C=O) groups is 1. The highest BCUT2D eigenvalue weighted by Crippen LogP contribution is 2.18. The Labute approximate surface area is 102 Å². The summed E-state index contributed by atoms with van der Waals surface area (Å²) in [4.78, 5) is 11.4. The first-order valence-electron chi connectivity index (χ1n) is 5.83. The molecule has 0 unspecified atom stereocenters. The molecule has 4 nitrogen and oxygen atoms in total. The van der Waals surface area contributed by atoms with Crippen LogP contribution in [0.4, 0.5) is 0 Å². The second-order valence-electron chi connectivity index (χ2n) is 4.01. The standard InChI is InChI=1S/C13H20N2O2/c1-17-13(16)11-6-4-5-10(9-11)12(15)7-2-3-8-14/h4-6,9,12H,2-3,7-8,14-15H2,1H3/t12-/m1/s1. The molecular weight excluding hydrogens is 216 g/mol. The summed E-state index contributed by atoms with van der Waals surface area (Å²) in [5.41, 5.74) is 13.0. The third-order valence-electron chi connectivity index (χ3n) is 2.71. The summed E-state index contributed by atoms with van der Waals surface area (Å²) in [5, 5.41) is 0. The van der Waals surface area contributed by atoms with E-state index in [9.17, 15) is 4.79 Å². The fourth-order valence-electron chi connectivity index (χ4n) is 1.69. The number of nitrogens with two attached hydrogens (primary N) is 2. The molecule has 0 fully saturated rings. The van der Waals surface area contributed by atoms with Crippen LogP contribution in [0, 0.1) is 0 Å². The lowest BCUT2D eigenvalue weighted by molar-refractivity contribution is 0.0600. The third-order valence-corrected chi connectivity index (χ3v) is 2.71. The van der Waals surface area contributed by atoms with E-state index in [4.69, 9.17) is 11.5 Å². The first-order valence-corrected chi connectivity index (χ1v) is 5.83. The summed E-state index contributed by atoms with van der Waals surface area (Å²) in [7, 11) is 1.37. The highest BCUT2D eigenvalue weighted by molar-refractivity contribution is 5.89. The second-order valence-corrected chi connectivity index (χ2v) is 4.01. The van der Waals surface area contributed by atoms with E-state index in [1.165, 1.54) is 7.11 Å². The molecular formula is C13H20N2O2. The average molecular weight is 236 g/mol. The fourth-order valence-corrected chi connectivity index (χ4v) is 1.69. The summed E-state index contributed by atoms with van der Waals surface area (Å²) in [6.07, 6.45) is 2.85. The average Bonchev–Trinajstić information content (AvgIpc) is 2.38. The first-order chi connectivity index (χ1) is 8.19. The monoisotopic (exact) mass is 236 g/mol.